The van der Waals surface area contributed by atoms with Crippen LogP contribution in [0.4, 0.5) is 0 Å². The number of rotatable bonds is 9. The fourth-order valence-corrected chi connectivity index (χ4v) is 17.3. The van der Waals surface area contributed by atoms with Crippen molar-refractivity contribution in [3.63, 3.8) is 0 Å². The van der Waals surface area contributed by atoms with E-state index in [1.54, 1.807) is 0 Å². The molecule has 12 heteroatoms. The molecule has 644 valence electrons. The van der Waals surface area contributed by atoms with E-state index in [0.717, 1.165) is 17.0 Å². The Hall–Kier alpha value is -14.1. The number of imidazole rings is 6. The van der Waals surface area contributed by atoms with Gasteiger partial charge in [0.15, 0.2) is 28.5 Å². The number of para-hydroxylation sites is 6. The minimum Gasteiger partial charge on any atom is -0.202 e. The van der Waals surface area contributed by atoms with E-state index in [4.69, 9.17) is 1.37 Å². The second-order valence-corrected chi connectivity index (χ2v) is 31.6. The third-order valence-electron chi connectivity index (χ3n) is 23.2. The van der Waals surface area contributed by atoms with Crippen LogP contribution in [0.1, 0.15) is 156 Å². The summed E-state index contributed by atoms with van der Waals surface area (Å²) < 4.78 is 35.2. The molecule has 12 nitrogen and oxygen atoms in total. The fraction of sp³-hybridized carbons (Fsp3) is 0.211. The Morgan fingerprint density at radius 3 is 0.937 bits per heavy atom. The first-order chi connectivity index (χ1) is 58.6. The van der Waals surface area contributed by atoms with Crippen molar-refractivity contribution in [2.24, 2.45) is 0 Å². The first kappa shape index (κ1) is 94.2. The van der Waals surface area contributed by atoms with Crippen LogP contribution in [0.5, 0.6) is 0 Å². The number of pyridine rings is 6. The minimum absolute atomic E-state index is 0. The lowest BCUT2D eigenvalue weighted by atomic mass is 9.99. The zero-order chi connectivity index (χ0) is 84.9. The van der Waals surface area contributed by atoms with E-state index in [-0.39, 0.29) is 44.6 Å². The fourth-order valence-electron chi connectivity index (χ4n) is 17.3. The number of aromatic nitrogens is 12. The first-order valence-corrected chi connectivity index (χ1v) is 41.6. The van der Waals surface area contributed by atoms with Crippen molar-refractivity contribution in [2.45, 2.75) is 168 Å². The number of hydrogen-bond acceptors (Lipinski definition) is 0. The van der Waals surface area contributed by atoms with Crippen molar-refractivity contribution >= 4 is 33.9 Å². The number of fused-ring (bicyclic) bond motifs is 6. The third kappa shape index (κ3) is 18.7. The molecule has 0 radical (unpaired) electrons. The molecule has 8 aromatic carbocycles. The van der Waals surface area contributed by atoms with E-state index in [0.29, 0.717) is 12.1 Å². The zero-order valence-electron chi connectivity index (χ0n) is 73.4. The molecule has 20 aromatic rings. The highest BCUT2D eigenvalue weighted by Gasteiger charge is 2.31. The van der Waals surface area contributed by atoms with E-state index in [1.165, 1.54) is 164 Å². The molecule has 126 heavy (non-hydrogen) atoms. The molecule has 0 unspecified atom stereocenters. The Kier molecular flexibility index (Phi) is 31.3. The summed E-state index contributed by atoms with van der Waals surface area (Å²) in [5.74, 6) is 0.496. The lowest BCUT2D eigenvalue weighted by Crippen LogP contribution is -2.25. The maximum absolute atomic E-state index is 8.17. The van der Waals surface area contributed by atoms with Gasteiger partial charge in [0.1, 0.15) is 76.3 Å². The second kappa shape index (κ2) is 41.9. The van der Waals surface area contributed by atoms with Crippen molar-refractivity contribution in [2.75, 3.05) is 0 Å². The number of hydrogen-bond donors (Lipinski definition) is 0. The Morgan fingerprint density at radius 1 is 0.238 bits per heavy atom. The van der Waals surface area contributed by atoms with E-state index >= 15 is 0 Å². The van der Waals surface area contributed by atoms with Crippen molar-refractivity contribution in [1.29, 1.82) is 0 Å². The van der Waals surface area contributed by atoms with Gasteiger partial charge in [-0.15, -0.1) is 0 Å². The third-order valence-corrected chi connectivity index (χ3v) is 23.2. The van der Waals surface area contributed by atoms with Crippen LogP contribution in [-0.4, -0.2) is 27.4 Å². The molecular formula is C114H134N12+6. The highest BCUT2D eigenvalue weighted by atomic mass is 15.2. The largest absolute Gasteiger partial charge is 0.292 e. The summed E-state index contributed by atoms with van der Waals surface area (Å²) >= 11 is 0. The van der Waals surface area contributed by atoms with Gasteiger partial charge in [0.25, 0.3) is 33.9 Å². The van der Waals surface area contributed by atoms with Crippen LogP contribution in [0.3, 0.4) is 0 Å². The summed E-state index contributed by atoms with van der Waals surface area (Å²) in [6.07, 6.45) is 15.3. The van der Waals surface area contributed by atoms with Gasteiger partial charge < -0.3 is 0 Å². The van der Waals surface area contributed by atoms with Gasteiger partial charge in [-0.3, -0.25) is 0 Å². The average molecular weight is 1670 g/mol. The SMILES string of the molecule is C.C.C.C.C.C.Cc1ccccc1-n1c(C)c(-c2c(C)cccc2C)[n+]2ccccc12.Cc1ccccc1-n1c(C)c(-c2ccccc2)[n+]2ccccc12.Cc1ccccc1-n1c(C)c(C(C)C)[n+]2ccccc12.Cc1ccccc1-n1c(C)c(C)[n+]2ccccc12.Cc1ccccc1-n1c(C)c[n+]2ccccc12.[2H]c1c(C)n(-c2ccccc2C)c2cccc[n+]12. The van der Waals surface area contributed by atoms with Gasteiger partial charge in [0.05, 0.1) is 37.2 Å². The second-order valence-electron chi connectivity index (χ2n) is 31.6. The van der Waals surface area contributed by atoms with Gasteiger partial charge in [0, 0.05) is 102 Å². The van der Waals surface area contributed by atoms with Crippen LogP contribution in [0.15, 0.2) is 353 Å². The predicted octanol–water partition coefficient (Wildman–Crippen LogP) is 26.2. The van der Waals surface area contributed by atoms with Crippen LogP contribution in [0, 0.1) is 104 Å². The Labute approximate surface area is 752 Å². The van der Waals surface area contributed by atoms with Gasteiger partial charge in [-0.05, 0) is 173 Å². The number of aryl methyl sites for hydroxylation is 10. The normalized spacial score (nSPS) is 10.7. The maximum atomic E-state index is 8.17. The van der Waals surface area contributed by atoms with Gasteiger partial charge in [0.2, 0.25) is 0 Å². The monoisotopic (exact) mass is 1670 g/mol. The zero-order valence-corrected chi connectivity index (χ0v) is 72.4. The van der Waals surface area contributed by atoms with Gasteiger partial charge >= 0.3 is 0 Å². The van der Waals surface area contributed by atoms with Crippen LogP contribution >= 0.6 is 0 Å². The summed E-state index contributed by atoms with van der Waals surface area (Å²) in [5, 5.41) is 0. The van der Waals surface area contributed by atoms with Crippen molar-refractivity contribution < 1.29 is 27.8 Å². The van der Waals surface area contributed by atoms with E-state index < -0.39 is 0 Å². The predicted molar refractivity (Wildman–Crippen MR) is 530 cm³/mol. The molecular weight excluding hydrogens is 1540 g/mol. The molecule has 0 saturated carbocycles. The number of nitrogens with zero attached hydrogens (tertiary/aromatic N) is 12. The van der Waals surface area contributed by atoms with E-state index in [1.807, 2.05) is 47.9 Å². The molecule has 0 amide bonds. The topological polar surface area (TPSA) is 54.2 Å². The smallest absolute Gasteiger partial charge is 0.202 e. The van der Waals surface area contributed by atoms with Crippen LogP contribution in [0.2, 0.25) is 0 Å². The highest BCUT2D eigenvalue weighted by Crippen LogP contribution is 2.34. The first-order valence-electron chi connectivity index (χ1n) is 42.1. The Balaban J connectivity index is 0.000000171. The van der Waals surface area contributed by atoms with E-state index in [2.05, 4.69) is 470 Å². The van der Waals surface area contributed by atoms with E-state index in [9.17, 15) is 0 Å². The highest BCUT2D eigenvalue weighted by molar-refractivity contribution is 5.71. The summed E-state index contributed by atoms with van der Waals surface area (Å²) in [5.41, 5.74) is 39.7. The lowest BCUT2D eigenvalue weighted by Gasteiger charge is -2.07. The van der Waals surface area contributed by atoms with Crippen LogP contribution in [0.25, 0.3) is 90.5 Å². The number of benzene rings is 8. The quantitative estimate of drug-likeness (QED) is 0.129. The molecule has 0 spiro atoms. The molecule has 12 heterocycles. The van der Waals surface area contributed by atoms with Crippen LogP contribution < -0.4 is 26.4 Å². The molecule has 0 atom stereocenters. The molecule has 0 aliphatic heterocycles. The molecule has 12 aromatic heterocycles. The van der Waals surface area contributed by atoms with Crippen molar-refractivity contribution in [3.05, 3.63) is 443 Å². The molecule has 0 bridgehead atoms. The summed E-state index contributed by atoms with van der Waals surface area (Å²) in [6, 6.07) is 106. The van der Waals surface area contributed by atoms with Crippen molar-refractivity contribution in [1.82, 2.24) is 27.4 Å². The van der Waals surface area contributed by atoms with Gasteiger partial charge in [-0.25, -0.2) is 8.80 Å². The Bertz CT molecular complexity index is 7010. The minimum atomic E-state index is 0. The summed E-state index contributed by atoms with van der Waals surface area (Å²) in [7, 11) is 0. The summed E-state index contributed by atoms with van der Waals surface area (Å²) in [6.45, 7) is 36.9. The molecule has 0 fully saturated rings. The lowest BCUT2D eigenvalue weighted by molar-refractivity contribution is -0.521. The molecule has 20 rings (SSSR count). The van der Waals surface area contributed by atoms with Gasteiger partial charge in [-0.2, -0.15) is 45.0 Å². The molecule has 0 aliphatic carbocycles. The standard InChI is InChI=1S/C23H23N2.C21H19N2.C18H21N2.C16H17N2.2C15H15N2.6CH4/c1-16-10-5-6-13-20(16)25-19(4)23(24-15-8-7-14-21(24)25)22-17(2)11-9-12-18(22)3;1-16-10-6-7-13-19(16)23-17(2)21(18-11-4-3-5-12-18)22-15-9-8-14-20(22)23;1-13(2)18-15(4)20(16-10-6-5-9-14(16)3)17-11-7-8-12-19(17)18;1-12-8-4-5-9-15(12)18-14(3)13(2)17-11-7-6-10-16(17)18;2*1-12-7-3-4-8-14(12)17-13(2)11-16-10-6-5-9-15(16)17;;;;;;/h5-15H,1-4H3;3-15H,1-2H3;5-13H,1-4H3;4-11H,1-3H3;2*3-11H,1-2H3;6*1H4/q6*+1;;;;;;/i;;;;11D;;;;;;;. The van der Waals surface area contributed by atoms with Gasteiger partial charge in [-0.1, -0.05) is 253 Å². The average Bonchev–Trinajstić information content (AvgIpc) is 1.59. The molecule has 0 saturated heterocycles. The Morgan fingerprint density at radius 2 is 0.524 bits per heavy atom. The molecule has 0 aliphatic rings. The molecule has 0 N–H and O–H groups in total. The van der Waals surface area contributed by atoms with Crippen LogP contribution in [-0.2, 0) is 0 Å². The summed E-state index contributed by atoms with van der Waals surface area (Å²) in [4.78, 5) is 0. The van der Waals surface area contributed by atoms with Crippen molar-refractivity contribution in [3.8, 4) is 56.6 Å². The maximum Gasteiger partial charge on any atom is 0.292 e.